The van der Waals surface area contributed by atoms with Crippen molar-refractivity contribution < 1.29 is 0 Å². The van der Waals surface area contributed by atoms with Gasteiger partial charge in [0.15, 0.2) is 5.82 Å². The van der Waals surface area contributed by atoms with Crippen LogP contribution in [0, 0.1) is 18.8 Å². The van der Waals surface area contributed by atoms with Crippen LogP contribution >= 0.6 is 0 Å². The first-order valence-corrected chi connectivity index (χ1v) is 7.75. The lowest BCUT2D eigenvalue weighted by Crippen LogP contribution is -2.18. The lowest BCUT2D eigenvalue weighted by molar-refractivity contribution is 0.310. The quantitative estimate of drug-likeness (QED) is 0.879. The molecule has 112 valence electrons. The summed E-state index contributed by atoms with van der Waals surface area (Å²) in [6.07, 6.45) is 3.64. The number of nitrogens with two attached hydrogens (primary N) is 1. The van der Waals surface area contributed by atoms with Gasteiger partial charge in [-0.2, -0.15) is 0 Å². The highest BCUT2D eigenvalue weighted by Crippen LogP contribution is 2.42. The van der Waals surface area contributed by atoms with Gasteiger partial charge in [0.05, 0.1) is 6.04 Å². The molecule has 3 rings (SSSR count). The number of hydrogen-bond donors (Lipinski definition) is 1. The summed E-state index contributed by atoms with van der Waals surface area (Å²) in [4.78, 5) is 0. The molecule has 0 spiro atoms. The van der Waals surface area contributed by atoms with Gasteiger partial charge in [0.1, 0.15) is 0 Å². The Morgan fingerprint density at radius 2 is 2.10 bits per heavy atom. The Morgan fingerprint density at radius 1 is 1.29 bits per heavy atom. The topological polar surface area (TPSA) is 69.6 Å². The van der Waals surface area contributed by atoms with E-state index in [1.165, 1.54) is 12.8 Å². The van der Waals surface area contributed by atoms with Crippen LogP contribution in [-0.2, 0) is 0 Å². The van der Waals surface area contributed by atoms with Crippen molar-refractivity contribution in [2.24, 2.45) is 11.8 Å². The van der Waals surface area contributed by atoms with E-state index in [4.69, 9.17) is 5.73 Å². The van der Waals surface area contributed by atoms with E-state index in [0.717, 1.165) is 35.0 Å². The second-order valence-electron chi connectivity index (χ2n) is 6.25. The summed E-state index contributed by atoms with van der Waals surface area (Å²) < 4.78 is 2.01. The zero-order valence-electron chi connectivity index (χ0n) is 13.0. The summed E-state index contributed by atoms with van der Waals surface area (Å²) >= 11 is 0. The minimum absolute atomic E-state index is 0.390. The van der Waals surface area contributed by atoms with Crippen LogP contribution in [-0.4, -0.2) is 20.2 Å². The first kappa shape index (κ1) is 14.0. The SMILES string of the molecule is CCC1CCC(n2nnnc2-c2cc(C)cc(N)c2)C1C. The van der Waals surface area contributed by atoms with Crippen LogP contribution in [0.1, 0.15) is 44.7 Å². The van der Waals surface area contributed by atoms with Gasteiger partial charge in [0.25, 0.3) is 0 Å². The van der Waals surface area contributed by atoms with Crippen LogP contribution in [0.15, 0.2) is 18.2 Å². The molecule has 0 radical (unpaired) electrons. The zero-order chi connectivity index (χ0) is 15.0. The number of tetrazole rings is 1. The van der Waals surface area contributed by atoms with Gasteiger partial charge in [-0.3, -0.25) is 0 Å². The van der Waals surface area contributed by atoms with E-state index < -0.39 is 0 Å². The van der Waals surface area contributed by atoms with E-state index >= 15 is 0 Å². The molecule has 2 N–H and O–H groups in total. The highest BCUT2D eigenvalue weighted by molar-refractivity contribution is 5.62. The fraction of sp³-hybridized carbons (Fsp3) is 0.562. The predicted octanol–water partition coefficient (Wildman–Crippen LogP) is 3.23. The van der Waals surface area contributed by atoms with Crippen LogP contribution < -0.4 is 5.73 Å². The molecule has 0 saturated heterocycles. The Bertz CT molecular complexity index is 613. The molecular formula is C16H23N5. The number of nitrogens with zero attached hydrogens (tertiary/aromatic N) is 4. The minimum atomic E-state index is 0.390. The van der Waals surface area contributed by atoms with E-state index in [2.05, 4.69) is 35.4 Å². The summed E-state index contributed by atoms with van der Waals surface area (Å²) in [7, 11) is 0. The van der Waals surface area contributed by atoms with Gasteiger partial charge >= 0.3 is 0 Å². The maximum atomic E-state index is 5.96. The van der Waals surface area contributed by atoms with Crippen LogP contribution in [0.5, 0.6) is 0 Å². The van der Waals surface area contributed by atoms with Crippen molar-refractivity contribution in [3.8, 4) is 11.4 Å². The van der Waals surface area contributed by atoms with Crippen molar-refractivity contribution in [3.05, 3.63) is 23.8 Å². The monoisotopic (exact) mass is 285 g/mol. The average Bonchev–Trinajstić information content (AvgIpc) is 3.03. The molecule has 1 aliphatic rings. The predicted molar refractivity (Wildman–Crippen MR) is 83.6 cm³/mol. The number of aryl methyl sites for hydroxylation is 1. The molecule has 2 aromatic rings. The van der Waals surface area contributed by atoms with Crippen LogP contribution in [0.3, 0.4) is 0 Å². The van der Waals surface area contributed by atoms with Crippen molar-refractivity contribution in [1.29, 1.82) is 0 Å². The molecule has 0 aliphatic heterocycles. The Labute approximate surface area is 125 Å². The van der Waals surface area contributed by atoms with Gasteiger partial charge in [-0.1, -0.05) is 20.3 Å². The van der Waals surface area contributed by atoms with E-state index in [1.807, 2.05) is 23.7 Å². The molecule has 1 saturated carbocycles. The molecule has 0 amide bonds. The second-order valence-corrected chi connectivity index (χ2v) is 6.25. The maximum absolute atomic E-state index is 5.96. The van der Waals surface area contributed by atoms with Crippen LogP contribution in [0.25, 0.3) is 11.4 Å². The van der Waals surface area contributed by atoms with Gasteiger partial charge in [-0.15, -0.1) is 5.10 Å². The Kier molecular flexibility index (Phi) is 3.66. The molecule has 21 heavy (non-hydrogen) atoms. The summed E-state index contributed by atoms with van der Waals surface area (Å²) in [6, 6.07) is 6.39. The molecule has 3 atom stereocenters. The van der Waals surface area contributed by atoms with E-state index in [1.54, 1.807) is 0 Å². The van der Waals surface area contributed by atoms with Crippen molar-refractivity contribution in [2.75, 3.05) is 5.73 Å². The van der Waals surface area contributed by atoms with E-state index in [0.29, 0.717) is 12.0 Å². The number of aromatic nitrogens is 4. The lowest BCUT2D eigenvalue weighted by atomic mass is 9.93. The summed E-state index contributed by atoms with van der Waals surface area (Å²) in [6.45, 7) is 6.63. The van der Waals surface area contributed by atoms with Crippen molar-refractivity contribution in [2.45, 2.75) is 46.1 Å². The summed E-state index contributed by atoms with van der Waals surface area (Å²) in [5.41, 5.74) is 8.85. The third-order valence-electron chi connectivity index (χ3n) is 4.87. The third-order valence-corrected chi connectivity index (χ3v) is 4.87. The van der Waals surface area contributed by atoms with Gasteiger partial charge in [-0.05, 0) is 65.8 Å². The van der Waals surface area contributed by atoms with Gasteiger partial charge in [-0.25, -0.2) is 4.68 Å². The molecule has 1 aromatic heterocycles. The zero-order valence-corrected chi connectivity index (χ0v) is 13.0. The van der Waals surface area contributed by atoms with Crippen molar-refractivity contribution in [1.82, 2.24) is 20.2 Å². The first-order chi connectivity index (χ1) is 10.1. The normalized spacial score (nSPS) is 25.4. The van der Waals surface area contributed by atoms with Crippen molar-refractivity contribution in [3.63, 3.8) is 0 Å². The Morgan fingerprint density at radius 3 is 2.76 bits per heavy atom. The van der Waals surface area contributed by atoms with Gasteiger partial charge < -0.3 is 5.73 Å². The number of nitrogen functional groups attached to an aromatic ring is 1. The van der Waals surface area contributed by atoms with E-state index in [-0.39, 0.29) is 0 Å². The molecule has 0 bridgehead atoms. The highest BCUT2D eigenvalue weighted by Gasteiger charge is 2.35. The highest BCUT2D eigenvalue weighted by atomic mass is 15.6. The molecule has 1 aliphatic carbocycles. The number of anilines is 1. The standard InChI is InChI=1S/C16H23N5/c1-4-12-5-6-15(11(12)3)21-16(18-19-20-21)13-7-10(2)8-14(17)9-13/h7-9,11-12,15H,4-6,17H2,1-3H3. The number of hydrogen-bond acceptors (Lipinski definition) is 4. The lowest BCUT2D eigenvalue weighted by Gasteiger charge is -2.20. The number of rotatable bonds is 3. The second kappa shape index (κ2) is 5.47. The fourth-order valence-electron chi connectivity index (χ4n) is 3.69. The molecule has 5 heteroatoms. The van der Waals surface area contributed by atoms with E-state index in [9.17, 15) is 0 Å². The molecule has 1 heterocycles. The fourth-order valence-corrected chi connectivity index (χ4v) is 3.69. The number of benzene rings is 1. The molecule has 3 unspecified atom stereocenters. The smallest absolute Gasteiger partial charge is 0.182 e. The van der Waals surface area contributed by atoms with Gasteiger partial charge in [0.2, 0.25) is 0 Å². The summed E-state index contributed by atoms with van der Waals surface area (Å²) in [5.74, 6) is 2.22. The van der Waals surface area contributed by atoms with Crippen LogP contribution in [0.2, 0.25) is 0 Å². The maximum Gasteiger partial charge on any atom is 0.182 e. The van der Waals surface area contributed by atoms with Crippen molar-refractivity contribution >= 4 is 5.69 Å². The minimum Gasteiger partial charge on any atom is -0.399 e. The molecule has 1 aromatic carbocycles. The largest absolute Gasteiger partial charge is 0.399 e. The summed E-state index contributed by atoms with van der Waals surface area (Å²) in [5, 5.41) is 12.4. The molecule has 1 fully saturated rings. The third kappa shape index (κ3) is 2.52. The average molecular weight is 285 g/mol. The molecule has 5 nitrogen and oxygen atoms in total. The first-order valence-electron chi connectivity index (χ1n) is 7.75. The van der Waals surface area contributed by atoms with Gasteiger partial charge in [0, 0.05) is 11.3 Å². The Balaban J connectivity index is 1.98. The Hall–Kier alpha value is -1.91. The van der Waals surface area contributed by atoms with Crippen LogP contribution in [0.4, 0.5) is 5.69 Å². The molecular weight excluding hydrogens is 262 g/mol.